The van der Waals surface area contributed by atoms with Crippen molar-refractivity contribution in [3.05, 3.63) is 71.3 Å². The molecule has 1 saturated heterocycles. The molecule has 2 aliphatic heterocycles. The standard InChI is InChI=1S/C25H31N3O2/c29-23(28-18-14-20-9-4-5-12-22(20)19-28)13-8-15-26-25(30)24(27-16-6-7-17-27)21-10-2-1-3-11-21/h1-5,9-12,24H,6-8,13-19H2,(H,26,30). The number of nitrogens with one attached hydrogen (secondary N) is 1. The molecule has 30 heavy (non-hydrogen) atoms. The molecule has 2 amide bonds. The normalized spacial score (nSPS) is 17.4. The van der Waals surface area contributed by atoms with Crippen molar-refractivity contribution < 1.29 is 9.59 Å². The highest BCUT2D eigenvalue weighted by Gasteiger charge is 2.29. The Labute approximate surface area is 179 Å². The molecule has 2 heterocycles. The third-order valence-corrected chi connectivity index (χ3v) is 6.22. The Hall–Kier alpha value is -2.66. The average molecular weight is 406 g/mol. The molecule has 5 heteroatoms. The number of fused-ring (bicyclic) bond motifs is 1. The van der Waals surface area contributed by atoms with E-state index in [1.807, 2.05) is 41.3 Å². The van der Waals surface area contributed by atoms with Gasteiger partial charge in [0.25, 0.3) is 0 Å². The fourth-order valence-corrected chi connectivity index (χ4v) is 4.58. The lowest BCUT2D eigenvalue weighted by atomic mass is 9.99. The van der Waals surface area contributed by atoms with E-state index in [4.69, 9.17) is 0 Å². The van der Waals surface area contributed by atoms with Crippen LogP contribution in [-0.2, 0) is 22.6 Å². The first kappa shape index (κ1) is 20.6. The number of rotatable bonds is 7. The Bertz CT molecular complexity index is 862. The maximum Gasteiger partial charge on any atom is 0.241 e. The van der Waals surface area contributed by atoms with Gasteiger partial charge in [-0.05, 0) is 55.5 Å². The molecule has 5 nitrogen and oxygen atoms in total. The molecule has 1 atom stereocenters. The number of carbonyl (C=O) groups excluding carboxylic acids is 2. The van der Waals surface area contributed by atoms with Gasteiger partial charge in [0.1, 0.15) is 6.04 Å². The Balaban J connectivity index is 1.26. The van der Waals surface area contributed by atoms with Crippen molar-refractivity contribution in [3.8, 4) is 0 Å². The third kappa shape index (κ3) is 4.90. The first-order valence-corrected chi connectivity index (χ1v) is 11.1. The van der Waals surface area contributed by atoms with E-state index in [1.165, 1.54) is 11.1 Å². The van der Waals surface area contributed by atoms with E-state index < -0.39 is 0 Å². The van der Waals surface area contributed by atoms with Crippen molar-refractivity contribution in [1.82, 2.24) is 15.1 Å². The fourth-order valence-electron chi connectivity index (χ4n) is 4.58. The molecule has 0 aromatic heterocycles. The predicted molar refractivity (Wildman–Crippen MR) is 118 cm³/mol. The van der Waals surface area contributed by atoms with Crippen LogP contribution >= 0.6 is 0 Å². The second-order valence-electron chi connectivity index (χ2n) is 8.28. The van der Waals surface area contributed by atoms with Crippen LogP contribution in [0.2, 0.25) is 0 Å². The minimum atomic E-state index is -0.233. The van der Waals surface area contributed by atoms with Gasteiger partial charge in [-0.2, -0.15) is 0 Å². The summed E-state index contributed by atoms with van der Waals surface area (Å²) in [6, 6.07) is 18.1. The summed E-state index contributed by atoms with van der Waals surface area (Å²) >= 11 is 0. The van der Waals surface area contributed by atoms with Crippen LogP contribution in [0, 0.1) is 0 Å². The van der Waals surface area contributed by atoms with Crippen LogP contribution in [0.25, 0.3) is 0 Å². The molecule has 1 unspecified atom stereocenters. The van der Waals surface area contributed by atoms with Crippen LogP contribution in [0.1, 0.15) is 48.4 Å². The first-order chi connectivity index (χ1) is 14.7. The van der Waals surface area contributed by atoms with Gasteiger partial charge in [-0.25, -0.2) is 0 Å². The second-order valence-corrected chi connectivity index (χ2v) is 8.28. The predicted octanol–water partition coefficient (Wildman–Crippen LogP) is 3.30. The maximum absolute atomic E-state index is 13.0. The lowest BCUT2D eigenvalue weighted by Gasteiger charge is -2.29. The largest absolute Gasteiger partial charge is 0.354 e. The maximum atomic E-state index is 13.0. The van der Waals surface area contributed by atoms with Crippen LogP contribution in [-0.4, -0.2) is 47.8 Å². The van der Waals surface area contributed by atoms with Crippen molar-refractivity contribution in [2.24, 2.45) is 0 Å². The van der Waals surface area contributed by atoms with E-state index >= 15 is 0 Å². The van der Waals surface area contributed by atoms with E-state index in [2.05, 4.69) is 28.4 Å². The number of hydrogen-bond donors (Lipinski definition) is 1. The molecule has 1 N–H and O–H groups in total. The monoisotopic (exact) mass is 405 g/mol. The van der Waals surface area contributed by atoms with Gasteiger partial charge in [0.15, 0.2) is 0 Å². The van der Waals surface area contributed by atoms with Crippen LogP contribution < -0.4 is 5.32 Å². The first-order valence-electron chi connectivity index (χ1n) is 11.1. The van der Waals surface area contributed by atoms with E-state index in [-0.39, 0.29) is 17.9 Å². The number of hydrogen-bond acceptors (Lipinski definition) is 3. The van der Waals surface area contributed by atoms with E-state index in [0.717, 1.165) is 44.5 Å². The van der Waals surface area contributed by atoms with Gasteiger partial charge in [0.05, 0.1) is 0 Å². The number of carbonyl (C=O) groups is 2. The summed E-state index contributed by atoms with van der Waals surface area (Å²) in [7, 11) is 0. The van der Waals surface area contributed by atoms with Gasteiger partial charge in [0, 0.05) is 26.1 Å². The molecule has 0 aliphatic carbocycles. The Kier molecular flexibility index (Phi) is 6.80. The van der Waals surface area contributed by atoms with Crippen LogP contribution in [0.15, 0.2) is 54.6 Å². The summed E-state index contributed by atoms with van der Waals surface area (Å²) in [6.07, 6.45) is 4.35. The quantitative estimate of drug-likeness (QED) is 0.719. The summed E-state index contributed by atoms with van der Waals surface area (Å²) in [6.45, 7) is 3.94. The molecule has 2 aliphatic rings. The van der Waals surface area contributed by atoms with Crippen LogP contribution in [0.3, 0.4) is 0 Å². The highest BCUT2D eigenvalue weighted by atomic mass is 16.2. The summed E-state index contributed by atoms with van der Waals surface area (Å²) in [5.74, 6) is 0.223. The molecular weight excluding hydrogens is 374 g/mol. The molecule has 0 spiro atoms. The van der Waals surface area contributed by atoms with E-state index in [0.29, 0.717) is 25.9 Å². The van der Waals surface area contributed by atoms with Crippen molar-refractivity contribution in [2.45, 2.75) is 44.7 Å². The van der Waals surface area contributed by atoms with Crippen molar-refractivity contribution in [2.75, 3.05) is 26.2 Å². The van der Waals surface area contributed by atoms with Gasteiger partial charge in [0.2, 0.25) is 11.8 Å². The third-order valence-electron chi connectivity index (χ3n) is 6.22. The minimum absolute atomic E-state index is 0.0439. The average Bonchev–Trinajstić information content (AvgIpc) is 3.31. The van der Waals surface area contributed by atoms with Crippen molar-refractivity contribution in [1.29, 1.82) is 0 Å². The fraction of sp³-hybridized carbons (Fsp3) is 0.440. The minimum Gasteiger partial charge on any atom is -0.354 e. The Morgan fingerprint density at radius 2 is 1.60 bits per heavy atom. The number of amides is 2. The van der Waals surface area contributed by atoms with Gasteiger partial charge >= 0.3 is 0 Å². The van der Waals surface area contributed by atoms with Gasteiger partial charge in [-0.15, -0.1) is 0 Å². The number of likely N-dealkylation sites (tertiary alicyclic amines) is 1. The van der Waals surface area contributed by atoms with Crippen molar-refractivity contribution in [3.63, 3.8) is 0 Å². The lowest BCUT2D eigenvalue weighted by molar-refractivity contribution is -0.132. The van der Waals surface area contributed by atoms with E-state index in [9.17, 15) is 9.59 Å². The molecule has 0 bridgehead atoms. The molecule has 1 fully saturated rings. The van der Waals surface area contributed by atoms with Crippen molar-refractivity contribution >= 4 is 11.8 Å². The molecular formula is C25H31N3O2. The molecule has 2 aromatic rings. The topological polar surface area (TPSA) is 52.7 Å². The Morgan fingerprint density at radius 3 is 2.37 bits per heavy atom. The summed E-state index contributed by atoms with van der Waals surface area (Å²) in [4.78, 5) is 29.8. The number of nitrogens with zero attached hydrogens (tertiary/aromatic N) is 2. The molecule has 0 radical (unpaired) electrons. The summed E-state index contributed by atoms with van der Waals surface area (Å²) < 4.78 is 0. The second kappa shape index (κ2) is 9.90. The molecule has 4 rings (SSSR count). The highest BCUT2D eigenvalue weighted by Crippen LogP contribution is 2.25. The molecule has 158 valence electrons. The van der Waals surface area contributed by atoms with Gasteiger partial charge in [-0.3, -0.25) is 14.5 Å². The van der Waals surface area contributed by atoms with Crippen LogP contribution in [0.5, 0.6) is 0 Å². The smallest absolute Gasteiger partial charge is 0.241 e. The van der Waals surface area contributed by atoms with E-state index in [1.54, 1.807) is 0 Å². The highest BCUT2D eigenvalue weighted by molar-refractivity contribution is 5.83. The van der Waals surface area contributed by atoms with Gasteiger partial charge in [-0.1, -0.05) is 54.6 Å². The zero-order valence-corrected chi connectivity index (χ0v) is 17.6. The summed E-state index contributed by atoms with van der Waals surface area (Å²) in [5.41, 5.74) is 3.64. The zero-order chi connectivity index (χ0) is 20.8. The molecule has 2 aromatic carbocycles. The number of benzene rings is 2. The zero-order valence-electron chi connectivity index (χ0n) is 17.6. The Morgan fingerprint density at radius 1 is 0.900 bits per heavy atom. The molecule has 0 saturated carbocycles. The summed E-state index contributed by atoms with van der Waals surface area (Å²) in [5, 5.41) is 3.08. The van der Waals surface area contributed by atoms with Gasteiger partial charge < -0.3 is 10.2 Å². The SMILES string of the molecule is O=C(NCCCC(=O)N1CCc2ccccc2C1)C(c1ccccc1)N1CCCC1. The van der Waals surface area contributed by atoms with Crippen LogP contribution in [0.4, 0.5) is 0 Å². The lowest BCUT2D eigenvalue weighted by Crippen LogP contribution is -2.40.